The number of fused-ring (bicyclic) bond motifs is 2. The van der Waals surface area contributed by atoms with Gasteiger partial charge in [-0.25, -0.2) is 12.7 Å². The van der Waals surface area contributed by atoms with Crippen molar-refractivity contribution in [1.82, 2.24) is 8.71 Å². The maximum Gasteiger partial charge on any atom is 0.269 e. The van der Waals surface area contributed by atoms with Gasteiger partial charge in [-0.2, -0.15) is 5.26 Å². The van der Waals surface area contributed by atoms with Gasteiger partial charge in [-0.1, -0.05) is 18.2 Å². The minimum atomic E-state index is -3.89. The lowest BCUT2D eigenvalue weighted by atomic mass is 10.1. The summed E-state index contributed by atoms with van der Waals surface area (Å²) in [6, 6.07) is 13.6. The van der Waals surface area contributed by atoms with Gasteiger partial charge in [-0.05, 0) is 24.3 Å². The second-order valence-electron chi connectivity index (χ2n) is 5.45. The van der Waals surface area contributed by atoms with Gasteiger partial charge in [0, 0.05) is 18.0 Å². The van der Waals surface area contributed by atoms with E-state index in [9.17, 15) is 18.5 Å². The lowest BCUT2D eigenvalue weighted by Gasteiger charge is -2.14. The molecule has 1 aromatic carbocycles. The molecule has 0 saturated carbocycles. The molecule has 3 aromatic rings. The molecule has 4 rings (SSSR count). The maximum atomic E-state index is 12.6. The summed E-state index contributed by atoms with van der Waals surface area (Å²) in [6.45, 7) is -0.166. The zero-order valence-electron chi connectivity index (χ0n) is 12.4. The number of sulfonamides is 1. The predicted octanol–water partition coefficient (Wildman–Crippen LogP) is 2.16. The van der Waals surface area contributed by atoms with E-state index in [2.05, 4.69) is 6.07 Å². The number of hydrogen-bond acceptors (Lipinski definition) is 4. The Morgan fingerprint density at radius 2 is 1.83 bits per heavy atom. The van der Waals surface area contributed by atoms with Gasteiger partial charge in [-0.3, -0.25) is 4.79 Å². The zero-order chi connectivity index (χ0) is 16.9. The van der Waals surface area contributed by atoms with Crippen LogP contribution in [0.2, 0.25) is 0 Å². The van der Waals surface area contributed by atoms with Crippen LogP contribution in [0, 0.1) is 11.3 Å². The number of nitrogens with zero attached hydrogens (tertiary/aromatic N) is 3. The van der Waals surface area contributed by atoms with Crippen molar-refractivity contribution in [3.05, 3.63) is 71.5 Å². The summed E-state index contributed by atoms with van der Waals surface area (Å²) in [5, 5.41) is 9.43. The van der Waals surface area contributed by atoms with Gasteiger partial charge in [0.25, 0.3) is 15.9 Å². The topological polar surface area (TPSA) is 82.7 Å². The molecular formula is C17H11N3O3S. The van der Waals surface area contributed by atoms with Crippen LogP contribution in [-0.4, -0.2) is 23.0 Å². The van der Waals surface area contributed by atoms with Gasteiger partial charge < -0.3 is 4.40 Å². The van der Waals surface area contributed by atoms with E-state index in [0.29, 0.717) is 16.6 Å². The number of aromatic nitrogens is 1. The molecule has 0 spiro atoms. The SMILES string of the molecule is N#Cc1c(CN2C(=O)c3ccccc3S2(=O)=O)cn2ccccc12. The molecule has 2 aromatic heterocycles. The zero-order valence-corrected chi connectivity index (χ0v) is 13.2. The number of pyridine rings is 1. The monoisotopic (exact) mass is 337 g/mol. The van der Waals surface area contributed by atoms with Crippen molar-refractivity contribution in [2.24, 2.45) is 0 Å². The highest BCUT2D eigenvalue weighted by Crippen LogP contribution is 2.32. The summed E-state index contributed by atoms with van der Waals surface area (Å²) in [5.74, 6) is -0.565. The molecule has 1 aliphatic rings. The Morgan fingerprint density at radius 3 is 2.58 bits per heavy atom. The predicted molar refractivity (Wildman–Crippen MR) is 85.6 cm³/mol. The van der Waals surface area contributed by atoms with Gasteiger partial charge in [0.1, 0.15) is 11.0 Å². The highest BCUT2D eigenvalue weighted by molar-refractivity contribution is 7.90. The third-order valence-electron chi connectivity index (χ3n) is 4.10. The molecule has 0 bridgehead atoms. The first-order chi connectivity index (χ1) is 11.5. The summed E-state index contributed by atoms with van der Waals surface area (Å²) in [4.78, 5) is 12.5. The molecule has 0 atom stereocenters. The molecule has 6 nitrogen and oxygen atoms in total. The molecule has 24 heavy (non-hydrogen) atoms. The molecule has 0 fully saturated rings. The normalized spacial score (nSPS) is 15.5. The van der Waals surface area contributed by atoms with Crippen molar-refractivity contribution in [3.63, 3.8) is 0 Å². The van der Waals surface area contributed by atoms with Crippen LogP contribution in [0.4, 0.5) is 0 Å². The number of carbonyl (C=O) groups is 1. The van der Waals surface area contributed by atoms with E-state index in [-0.39, 0.29) is 17.0 Å². The van der Waals surface area contributed by atoms with Gasteiger partial charge in [-0.15, -0.1) is 0 Å². The lowest BCUT2D eigenvalue weighted by molar-refractivity contribution is 0.0865. The van der Waals surface area contributed by atoms with Crippen molar-refractivity contribution < 1.29 is 13.2 Å². The second kappa shape index (κ2) is 4.94. The molecule has 1 aliphatic heterocycles. The van der Waals surface area contributed by atoms with Crippen LogP contribution >= 0.6 is 0 Å². The van der Waals surface area contributed by atoms with Gasteiger partial charge >= 0.3 is 0 Å². The van der Waals surface area contributed by atoms with Crippen LogP contribution in [0.3, 0.4) is 0 Å². The molecule has 1 amide bonds. The minimum absolute atomic E-state index is 0.0114. The minimum Gasteiger partial charge on any atom is -0.322 e. The third-order valence-corrected chi connectivity index (χ3v) is 5.89. The summed E-state index contributed by atoms with van der Waals surface area (Å²) in [6.07, 6.45) is 3.45. The van der Waals surface area contributed by atoms with Crippen LogP contribution < -0.4 is 0 Å². The number of rotatable bonds is 2. The van der Waals surface area contributed by atoms with Gasteiger partial charge in [0.2, 0.25) is 0 Å². The van der Waals surface area contributed by atoms with E-state index in [1.54, 1.807) is 41.1 Å². The number of benzene rings is 1. The Balaban J connectivity index is 1.83. The van der Waals surface area contributed by atoms with Gasteiger partial charge in [0.15, 0.2) is 0 Å². The summed E-state index contributed by atoms with van der Waals surface area (Å²) in [7, 11) is -3.89. The van der Waals surface area contributed by atoms with Crippen LogP contribution in [-0.2, 0) is 16.6 Å². The van der Waals surface area contributed by atoms with Crippen LogP contribution in [0.25, 0.3) is 5.52 Å². The smallest absolute Gasteiger partial charge is 0.269 e. The standard InChI is InChI=1S/C17H11N3O3S/c18-9-14-12(10-19-8-4-3-6-15(14)19)11-20-17(21)13-5-1-2-7-16(13)24(20,22)23/h1-8,10H,11H2. The largest absolute Gasteiger partial charge is 0.322 e. The number of hydrogen-bond donors (Lipinski definition) is 0. The second-order valence-corrected chi connectivity index (χ2v) is 7.28. The van der Waals surface area contributed by atoms with E-state index >= 15 is 0 Å². The Hall–Kier alpha value is -3.11. The van der Waals surface area contributed by atoms with E-state index in [1.807, 2.05) is 6.07 Å². The molecule has 0 radical (unpaired) electrons. The molecule has 3 heterocycles. The molecule has 0 aliphatic carbocycles. The highest BCUT2D eigenvalue weighted by atomic mass is 32.2. The Kier molecular flexibility index (Phi) is 2.98. The Morgan fingerprint density at radius 1 is 1.08 bits per heavy atom. The lowest BCUT2D eigenvalue weighted by Crippen LogP contribution is -2.29. The molecule has 7 heteroatoms. The van der Waals surface area contributed by atoms with Crippen LogP contribution in [0.5, 0.6) is 0 Å². The van der Waals surface area contributed by atoms with E-state index in [1.165, 1.54) is 12.1 Å². The van der Waals surface area contributed by atoms with Crippen molar-refractivity contribution in [2.75, 3.05) is 0 Å². The Labute approximate surface area is 138 Å². The fraction of sp³-hybridized carbons (Fsp3) is 0.0588. The fourth-order valence-electron chi connectivity index (χ4n) is 2.97. The average Bonchev–Trinajstić information content (AvgIpc) is 3.04. The number of carbonyl (C=O) groups excluding carboxylic acids is 1. The average molecular weight is 337 g/mol. The van der Waals surface area contributed by atoms with Crippen molar-refractivity contribution in [1.29, 1.82) is 5.26 Å². The van der Waals surface area contributed by atoms with E-state index < -0.39 is 15.9 Å². The van der Waals surface area contributed by atoms with Crippen molar-refractivity contribution >= 4 is 21.4 Å². The Bertz CT molecular complexity index is 1140. The maximum absolute atomic E-state index is 12.6. The molecule has 0 N–H and O–H groups in total. The first-order valence-electron chi connectivity index (χ1n) is 7.19. The van der Waals surface area contributed by atoms with Crippen molar-refractivity contribution in [2.45, 2.75) is 11.4 Å². The first kappa shape index (κ1) is 14.5. The first-order valence-corrected chi connectivity index (χ1v) is 8.63. The number of amides is 1. The summed E-state index contributed by atoms with van der Waals surface area (Å²) < 4.78 is 27.8. The van der Waals surface area contributed by atoms with E-state index in [0.717, 1.165) is 4.31 Å². The molecule has 0 unspecified atom stereocenters. The highest BCUT2D eigenvalue weighted by Gasteiger charge is 2.41. The van der Waals surface area contributed by atoms with Crippen LogP contribution in [0.15, 0.2) is 59.8 Å². The molecule has 0 saturated heterocycles. The fourth-order valence-corrected chi connectivity index (χ4v) is 4.52. The third kappa shape index (κ3) is 1.87. The van der Waals surface area contributed by atoms with Crippen LogP contribution in [0.1, 0.15) is 21.5 Å². The molecular weight excluding hydrogens is 326 g/mol. The summed E-state index contributed by atoms with van der Waals surface area (Å²) in [5.41, 5.74) is 1.71. The molecule has 118 valence electrons. The number of nitriles is 1. The van der Waals surface area contributed by atoms with E-state index in [4.69, 9.17) is 0 Å². The van der Waals surface area contributed by atoms with Gasteiger partial charge in [0.05, 0.1) is 23.2 Å². The summed E-state index contributed by atoms with van der Waals surface area (Å²) >= 11 is 0. The van der Waals surface area contributed by atoms with Crippen molar-refractivity contribution in [3.8, 4) is 6.07 Å². The quantitative estimate of drug-likeness (QED) is 0.717.